The molecule has 5 nitrogen and oxygen atoms in total. The molecule has 2 N–H and O–H groups in total. The van der Waals surface area contributed by atoms with Gasteiger partial charge in [0.05, 0.1) is 0 Å². The zero-order valence-corrected chi connectivity index (χ0v) is 10.5. The molecule has 0 unspecified atom stereocenters. The van der Waals surface area contributed by atoms with Crippen molar-refractivity contribution in [3.05, 3.63) is 41.8 Å². The Morgan fingerprint density at radius 3 is 2.72 bits per heavy atom. The minimum Gasteiger partial charge on any atom is -0.456 e. The summed E-state index contributed by atoms with van der Waals surface area (Å²) < 4.78 is 5.56. The molecular weight excluding hydrogens is 252 g/mol. The molecule has 94 valence electrons. The number of anilines is 1. The van der Waals surface area contributed by atoms with E-state index >= 15 is 0 Å². The van der Waals surface area contributed by atoms with E-state index in [0.717, 1.165) is 0 Å². The van der Waals surface area contributed by atoms with Crippen molar-refractivity contribution in [3.8, 4) is 11.5 Å². The number of nitrogens with one attached hydrogen (secondary N) is 1. The molecule has 0 saturated carbocycles. The van der Waals surface area contributed by atoms with Gasteiger partial charge in [0.1, 0.15) is 16.5 Å². The maximum Gasteiger partial charge on any atom is 0.346 e. The summed E-state index contributed by atoms with van der Waals surface area (Å²) in [6.45, 7) is 0. The van der Waals surface area contributed by atoms with Gasteiger partial charge >= 0.3 is 6.03 Å². The van der Waals surface area contributed by atoms with E-state index in [2.05, 4.69) is 5.32 Å². The van der Waals surface area contributed by atoms with Crippen LogP contribution in [0.1, 0.15) is 0 Å². The lowest BCUT2D eigenvalue weighted by molar-refractivity contribution is 0.207. The SMILES string of the molecule is CNC(=O)N(O)c1cc(Oc2ccccc2)cs1. The molecule has 0 radical (unpaired) electrons. The molecule has 1 aromatic carbocycles. The van der Waals surface area contributed by atoms with Gasteiger partial charge in [-0.2, -0.15) is 5.06 Å². The predicted molar refractivity (Wildman–Crippen MR) is 69.6 cm³/mol. The van der Waals surface area contributed by atoms with Crippen LogP contribution in [-0.2, 0) is 0 Å². The predicted octanol–water partition coefficient (Wildman–Crippen LogP) is 3.08. The van der Waals surface area contributed by atoms with Crippen molar-refractivity contribution >= 4 is 22.4 Å². The van der Waals surface area contributed by atoms with Crippen molar-refractivity contribution in [3.63, 3.8) is 0 Å². The Hall–Kier alpha value is -2.05. The van der Waals surface area contributed by atoms with Gasteiger partial charge in [-0.1, -0.05) is 18.2 Å². The van der Waals surface area contributed by atoms with Crippen molar-refractivity contribution < 1.29 is 14.7 Å². The average Bonchev–Trinajstić information content (AvgIpc) is 2.86. The molecule has 0 bridgehead atoms. The Labute approximate surface area is 108 Å². The lowest BCUT2D eigenvalue weighted by atomic mass is 10.3. The Morgan fingerprint density at radius 1 is 1.33 bits per heavy atom. The molecular formula is C12H12N2O3S. The first kappa shape index (κ1) is 12.4. The first-order chi connectivity index (χ1) is 8.70. The monoisotopic (exact) mass is 264 g/mol. The fraction of sp³-hybridized carbons (Fsp3) is 0.0833. The number of nitrogens with zero attached hydrogens (tertiary/aromatic N) is 1. The second-order valence-corrected chi connectivity index (χ2v) is 4.29. The molecule has 2 amide bonds. The van der Waals surface area contributed by atoms with E-state index in [1.54, 1.807) is 11.4 Å². The number of hydrogen-bond donors (Lipinski definition) is 2. The molecule has 0 saturated heterocycles. The Balaban J connectivity index is 2.09. The minimum atomic E-state index is -0.594. The van der Waals surface area contributed by atoms with Crippen LogP contribution in [0.5, 0.6) is 11.5 Å². The molecule has 6 heteroatoms. The number of hydroxylamine groups is 1. The van der Waals surface area contributed by atoms with Gasteiger partial charge in [-0.3, -0.25) is 5.21 Å². The smallest absolute Gasteiger partial charge is 0.346 e. The lowest BCUT2D eigenvalue weighted by Gasteiger charge is -2.10. The highest BCUT2D eigenvalue weighted by atomic mass is 32.1. The summed E-state index contributed by atoms with van der Waals surface area (Å²) in [5.41, 5.74) is 0. The largest absolute Gasteiger partial charge is 0.456 e. The van der Waals surface area contributed by atoms with Gasteiger partial charge < -0.3 is 10.1 Å². The summed E-state index contributed by atoms with van der Waals surface area (Å²) in [5.74, 6) is 1.27. The second-order valence-electron chi connectivity index (χ2n) is 3.40. The van der Waals surface area contributed by atoms with Crippen molar-refractivity contribution in [2.75, 3.05) is 12.1 Å². The summed E-state index contributed by atoms with van der Waals surface area (Å²) in [6.07, 6.45) is 0. The number of carbonyl (C=O) groups is 1. The Kier molecular flexibility index (Phi) is 3.81. The average molecular weight is 264 g/mol. The quantitative estimate of drug-likeness (QED) is 0.661. The summed E-state index contributed by atoms with van der Waals surface area (Å²) in [7, 11) is 1.44. The summed E-state index contributed by atoms with van der Waals surface area (Å²) in [4.78, 5) is 11.2. The van der Waals surface area contributed by atoms with Crippen LogP contribution < -0.4 is 15.1 Å². The number of para-hydroxylation sites is 1. The van der Waals surface area contributed by atoms with Crippen LogP contribution in [0.4, 0.5) is 9.80 Å². The van der Waals surface area contributed by atoms with Gasteiger partial charge in [0.25, 0.3) is 0 Å². The van der Waals surface area contributed by atoms with E-state index in [0.29, 0.717) is 21.6 Å². The van der Waals surface area contributed by atoms with Gasteiger partial charge in [0.2, 0.25) is 0 Å². The maximum atomic E-state index is 11.2. The first-order valence-corrected chi connectivity index (χ1v) is 6.11. The molecule has 1 heterocycles. The van der Waals surface area contributed by atoms with Crippen molar-refractivity contribution in [1.82, 2.24) is 5.32 Å². The molecule has 0 aliphatic carbocycles. The molecule has 18 heavy (non-hydrogen) atoms. The molecule has 2 rings (SSSR count). The maximum absolute atomic E-state index is 11.2. The molecule has 0 aliphatic rings. The van der Waals surface area contributed by atoms with Crippen LogP contribution in [0.3, 0.4) is 0 Å². The van der Waals surface area contributed by atoms with Gasteiger partial charge in [0.15, 0.2) is 0 Å². The van der Waals surface area contributed by atoms with Crippen LogP contribution in [0, 0.1) is 0 Å². The number of carbonyl (C=O) groups excluding carboxylic acids is 1. The van der Waals surface area contributed by atoms with Crippen molar-refractivity contribution in [1.29, 1.82) is 0 Å². The van der Waals surface area contributed by atoms with Gasteiger partial charge in [-0.05, 0) is 12.1 Å². The number of amides is 2. The van der Waals surface area contributed by atoms with Crippen LogP contribution >= 0.6 is 11.3 Å². The number of rotatable bonds is 3. The molecule has 0 aliphatic heterocycles. The molecule has 0 spiro atoms. The van der Waals surface area contributed by atoms with E-state index in [-0.39, 0.29) is 0 Å². The third-order valence-electron chi connectivity index (χ3n) is 2.16. The topological polar surface area (TPSA) is 61.8 Å². The second kappa shape index (κ2) is 5.52. The molecule has 0 fully saturated rings. The lowest BCUT2D eigenvalue weighted by Crippen LogP contribution is -2.34. The highest BCUT2D eigenvalue weighted by molar-refractivity contribution is 7.14. The number of urea groups is 1. The van der Waals surface area contributed by atoms with Crippen LogP contribution in [0.2, 0.25) is 0 Å². The Bertz CT molecular complexity index is 527. The van der Waals surface area contributed by atoms with Gasteiger partial charge in [-0.15, -0.1) is 11.3 Å². The van der Waals surface area contributed by atoms with E-state index in [9.17, 15) is 10.0 Å². The summed E-state index contributed by atoms with van der Waals surface area (Å²) >= 11 is 1.21. The van der Waals surface area contributed by atoms with E-state index in [4.69, 9.17) is 4.74 Å². The fourth-order valence-corrected chi connectivity index (χ4v) is 2.02. The highest BCUT2D eigenvalue weighted by Gasteiger charge is 2.14. The van der Waals surface area contributed by atoms with E-state index < -0.39 is 6.03 Å². The molecule has 1 aromatic heterocycles. The standard InChI is InChI=1S/C12H12N2O3S/c1-13-12(15)14(16)11-7-10(8-18-11)17-9-5-3-2-4-6-9/h2-8,16H,1H3,(H,13,15). The highest BCUT2D eigenvalue weighted by Crippen LogP contribution is 2.31. The van der Waals surface area contributed by atoms with Crippen LogP contribution in [0.25, 0.3) is 0 Å². The first-order valence-electron chi connectivity index (χ1n) is 5.23. The van der Waals surface area contributed by atoms with E-state index in [1.165, 1.54) is 18.4 Å². The molecule has 2 aromatic rings. The number of hydrogen-bond acceptors (Lipinski definition) is 4. The minimum absolute atomic E-state index is 0.389. The number of benzene rings is 1. The normalized spacial score (nSPS) is 9.89. The molecule has 0 atom stereocenters. The van der Waals surface area contributed by atoms with Crippen molar-refractivity contribution in [2.45, 2.75) is 0 Å². The third-order valence-corrected chi connectivity index (χ3v) is 3.04. The zero-order valence-electron chi connectivity index (χ0n) is 9.66. The number of thiophene rings is 1. The van der Waals surface area contributed by atoms with Crippen molar-refractivity contribution in [2.24, 2.45) is 0 Å². The van der Waals surface area contributed by atoms with Gasteiger partial charge in [-0.25, -0.2) is 4.79 Å². The Morgan fingerprint density at radius 2 is 2.06 bits per heavy atom. The zero-order chi connectivity index (χ0) is 13.0. The van der Waals surface area contributed by atoms with E-state index in [1.807, 2.05) is 30.3 Å². The number of ether oxygens (including phenoxy) is 1. The fourth-order valence-electron chi connectivity index (χ4n) is 1.30. The van der Waals surface area contributed by atoms with Crippen LogP contribution in [0.15, 0.2) is 41.8 Å². The van der Waals surface area contributed by atoms with Gasteiger partial charge in [0, 0.05) is 18.5 Å². The van der Waals surface area contributed by atoms with Crippen LogP contribution in [-0.4, -0.2) is 18.3 Å². The summed E-state index contributed by atoms with van der Waals surface area (Å²) in [6, 6.07) is 10.3. The third kappa shape index (κ3) is 2.79. The summed E-state index contributed by atoms with van der Waals surface area (Å²) in [5, 5.41) is 14.5.